The minimum atomic E-state index is -0.394. The summed E-state index contributed by atoms with van der Waals surface area (Å²) >= 11 is 0. The lowest BCUT2D eigenvalue weighted by Gasteiger charge is -2.21. The van der Waals surface area contributed by atoms with Crippen LogP contribution in [0.15, 0.2) is 18.5 Å². The normalized spacial score (nSPS) is 15.3. The second-order valence-corrected chi connectivity index (χ2v) is 4.35. The van der Waals surface area contributed by atoms with E-state index in [1.807, 2.05) is 26.4 Å². The standard InChI is InChI=1S/C11H22N4O/c1-10(14(2)3)7-12-8-11(16)9-15-6-4-5-13-15/h4-6,10-12,16H,7-9H2,1-3H3. The van der Waals surface area contributed by atoms with Gasteiger partial charge in [0, 0.05) is 31.5 Å². The van der Waals surface area contributed by atoms with Gasteiger partial charge in [0.05, 0.1) is 12.6 Å². The van der Waals surface area contributed by atoms with E-state index in [-0.39, 0.29) is 0 Å². The average molecular weight is 226 g/mol. The lowest BCUT2D eigenvalue weighted by Crippen LogP contribution is -2.39. The molecular formula is C11H22N4O. The number of nitrogens with one attached hydrogen (secondary N) is 1. The molecule has 16 heavy (non-hydrogen) atoms. The van der Waals surface area contributed by atoms with Crippen LogP contribution in [0.4, 0.5) is 0 Å². The zero-order valence-electron chi connectivity index (χ0n) is 10.3. The van der Waals surface area contributed by atoms with Gasteiger partial charge in [-0.2, -0.15) is 5.10 Å². The highest BCUT2D eigenvalue weighted by Crippen LogP contribution is 1.92. The number of nitrogens with zero attached hydrogens (tertiary/aromatic N) is 3. The zero-order chi connectivity index (χ0) is 12.0. The van der Waals surface area contributed by atoms with E-state index in [2.05, 4.69) is 22.2 Å². The second-order valence-electron chi connectivity index (χ2n) is 4.35. The number of rotatable bonds is 7. The summed E-state index contributed by atoms with van der Waals surface area (Å²) in [7, 11) is 4.10. The molecule has 0 aliphatic heterocycles. The molecule has 0 fully saturated rings. The number of aliphatic hydroxyl groups excluding tert-OH is 1. The summed E-state index contributed by atoms with van der Waals surface area (Å²) in [6, 6.07) is 2.32. The molecule has 0 saturated heterocycles. The number of hydrogen-bond acceptors (Lipinski definition) is 4. The van der Waals surface area contributed by atoms with Crippen LogP contribution >= 0.6 is 0 Å². The Balaban J connectivity index is 2.13. The van der Waals surface area contributed by atoms with Crippen molar-refractivity contribution in [3.8, 4) is 0 Å². The summed E-state index contributed by atoms with van der Waals surface area (Å²) in [6.45, 7) is 4.16. The van der Waals surface area contributed by atoms with Crippen LogP contribution in [0.1, 0.15) is 6.92 Å². The van der Waals surface area contributed by atoms with Crippen LogP contribution < -0.4 is 5.32 Å². The first-order chi connectivity index (χ1) is 7.59. The topological polar surface area (TPSA) is 53.3 Å². The van der Waals surface area contributed by atoms with Gasteiger partial charge in [-0.05, 0) is 27.1 Å². The monoisotopic (exact) mass is 226 g/mol. The van der Waals surface area contributed by atoms with Gasteiger partial charge in [-0.1, -0.05) is 0 Å². The van der Waals surface area contributed by atoms with Gasteiger partial charge < -0.3 is 15.3 Å². The molecule has 1 aromatic heterocycles. The van der Waals surface area contributed by atoms with Gasteiger partial charge >= 0.3 is 0 Å². The molecule has 1 aromatic rings. The van der Waals surface area contributed by atoms with Gasteiger partial charge in [0.15, 0.2) is 0 Å². The predicted octanol–water partition coefficient (Wildman–Crippen LogP) is -0.216. The van der Waals surface area contributed by atoms with E-state index in [1.165, 1.54) is 0 Å². The number of aromatic nitrogens is 2. The summed E-state index contributed by atoms with van der Waals surface area (Å²) in [6.07, 6.45) is 3.18. The molecule has 1 heterocycles. The average Bonchev–Trinajstić information content (AvgIpc) is 2.70. The zero-order valence-corrected chi connectivity index (χ0v) is 10.3. The van der Waals surface area contributed by atoms with Gasteiger partial charge in [0.25, 0.3) is 0 Å². The van der Waals surface area contributed by atoms with E-state index >= 15 is 0 Å². The van der Waals surface area contributed by atoms with Crippen LogP contribution in [0.3, 0.4) is 0 Å². The maximum Gasteiger partial charge on any atom is 0.0860 e. The Labute approximate surface area is 97.1 Å². The van der Waals surface area contributed by atoms with Gasteiger partial charge in [-0.3, -0.25) is 4.68 Å². The molecule has 5 heteroatoms. The Morgan fingerprint density at radius 1 is 1.44 bits per heavy atom. The number of likely N-dealkylation sites (N-methyl/N-ethyl adjacent to an activating group) is 1. The van der Waals surface area contributed by atoms with Crippen LogP contribution in [0, 0.1) is 0 Å². The highest BCUT2D eigenvalue weighted by atomic mass is 16.3. The number of aliphatic hydroxyl groups is 1. The van der Waals surface area contributed by atoms with Crippen LogP contribution in [-0.2, 0) is 6.54 Å². The largest absolute Gasteiger partial charge is 0.390 e. The molecule has 0 radical (unpaired) electrons. The Morgan fingerprint density at radius 3 is 2.75 bits per heavy atom. The van der Waals surface area contributed by atoms with Gasteiger partial charge in [-0.25, -0.2) is 0 Å². The van der Waals surface area contributed by atoms with Crippen molar-refractivity contribution in [2.45, 2.75) is 25.6 Å². The third-order valence-electron chi connectivity index (χ3n) is 2.66. The van der Waals surface area contributed by atoms with Gasteiger partial charge in [0.2, 0.25) is 0 Å². The van der Waals surface area contributed by atoms with Gasteiger partial charge in [0.1, 0.15) is 0 Å². The quantitative estimate of drug-likeness (QED) is 0.675. The molecule has 92 valence electrons. The molecule has 0 saturated carbocycles. The fourth-order valence-corrected chi connectivity index (χ4v) is 1.33. The summed E-state index contributed by atoms with van der Waals surface area (Å²) < 4.78 is 1.74. The molecule has 0 amide bonds. The Kier molecular flexibility index (Phi) is 5.45. The van der Waals surface area contributed by atoms with Crippen molar-refractivity contribution in [2.24, 2.45) is 0 Å². The van der Waals surface area contributed by atoms with E-state index in [9.17, 15) is 5.11 Å². The number of hydrogen-bond donors (Lipinski definition) is 2. The molecule has 0 aromatic carbocycles. The lowest BCUT2D eigenvalue weighted by atomic mass is 10.3. The van der Waals surface area contributed by atoms with E-state index in [0.717, 1.165) is 6.54 Å². The van der Waals surface area contributed by atoms with Crippen molar-refractivity contribution in [3.63, 3.8) is 0 Å². The molecule has 5 nitrogen and oxygen atoms in total. The van der Waals surface area contributed by atoms with Gasteiger partial charge in [-0.15, -0.1) is 0 Å². The minimum absolute atomic E-state index is 0.394. The SMILES string of the molecule is CC(CNCC(O)Cn1cccn1)N(C)C. The van der Waals surface area contributed by atoms with Crippen molar-refractivity contribution < 1.29 is 5.11 Å². The summed E-state index contributed by atoms with van der Waals surface area (Å²) in [5, 5.41) is 17.0. The molecule has 0 aliphatic rings. The van der Waals surface area contributed by atoms with Crippen LogP contribution in [-0.4, -0.2) is 59.1 Å². The van der Waals surface area contributed by atoms with E-state index in [4.69, 9.17) is 0 Å². The van der Waals surface area contributed by atoms with E-state index < -0.39 is 6.10 Å². The Hall–Kier alpha value is -0.910. The smallest absolute Gasteiger partial charge is 0.0860 e. The first kappa shape index (κ1) is 13.2. The highest BCUT2D eigenvalue weighted by Gasteiger charge is 2.07. The van der Waals surface area contributed by atoms with Crippen molar-refractivity contribution >= 4 is 0 Å². The molecule has 1 rings (SSSR count). The van der Waals surface area contributed by atoms with Crippen LogP contribution in [0.2, 0.25) is 0 Å². The predicted molar refractivity (Wildman–Crippen MR) is 64.3 cm³/mol. The summed E-state index contributed by atoms with van der Waals surface area (Å²) in [5.41, 5.74) is 0. The maximum atomic E-state index is 9.74. The molecular weight excluding hydrogens is 204 g/mol. The molecule has 0 bridgehead atoms. The van der Waals surface area contributed by atoms with Crippen molar-refractivity contribution in [1.82, 2.24) is 20.0 Å². The fraction of sp³-hybridized carbons (Fsp3) is 0.727. The third-order valence-corrected chi connectivity index (χ3v) is 2.66. The molecule has 2 N–H and O–H groups in total. The Bertz CT molecular complexity index is 274. The summed E-state index contributed by atoms with van der Waals surface area (Å²) in [5.74, 6) is 0. The van der Waals surface area contributed by atoms with E-state index in [0.29, 0.717) is 19.1 Å². The van der Waals surface area contributed by atoms with E-state index in [1.54, 1.807) is 10.9 Å². The molecule has 0 spiro atoms. The third kappa shape index (κ3) is 4.74. The molecule has 2 unspecified atom stereocenters. The molecule has 2 atom stereocenters. The lowest BCUT2D eigenvalue weighted by molar-refractivity contribution is 0.144. The molecule has 0 aliphatic carbocycles. The summed E-state index contributed by atoms with van der Waals surface area (Å²) in [4.78, 5) is 2.15. The second kappa shape index (κ2) is 6.62. The minimum Gasteiger partial charge on any atom is -0.390 e. The maximum absolute atomic E-state index is 9.74. The first-order valence-corrected chi connectivity index (χ1v) is 5.62. The fourth-order valence-electron chi connectivity index (χ4n) is 1.33. The Morgan fingerprint density at radius 2 is 2.19 bits per heavy atom. The van der Waals surface area contributed by atoms with Crippen LogP contribution in [0.25, 0.3) is 0 Å². The first-order valence-electron chi connectivity index (χ1n) is 5.62. The van der Waals surface area contributed by atoms with Crippen molar-refractivity contribution in [1.29, 1.82) is 0 Å². The van der Waals surface area contributed by atoms with Crippen molar-refractivity contribution in [2.75, 3.05) is 27.2 Å². The van der Waals surface area contributed by atoms with Crippen molar-refractivity contribution in [3.05, 3.63) is 18.5 Å². The highest BCUT2D eigenvalue weighted by molar-refractivity contribution is 4.78. The van der Waals surface area contributed by atoms with Crippen LogP contribution in [0.5, 0.6) is 0 Å².